The molecule has 1 heterocycles. The molecule has 0 saturated heterocycles. The maximum Gasteiger partial charge on any atom is 0.140 e. The maximum absolute atomic E-state index is 4.31. The molecule has 1 fully saturated rings. The lowest BCUT2D eigenvalue weighted by Crippen LogP contribution is -2.31. The zero-order chi connectivity index (χ0) is 13.0. The van der Waals surface area contributed by atoms with Crippen molar-refractivity contribution in [2.75, 3.05) is 20.1 Å². The first-order valence-electron chi connectivity index (χ1n) is 6.94. The van der Waals surface area contributed by atoms with Crippen LogP contribution in [0, 0.1) is 5.92 Å². The summed E-state index contributed by atoms with van der Waals surface area (Å²) in [6.45, 7) is 8.28. The Hall–Kier alpha value is -0.940. The lowest BCUT2D eigenvalue weighted by molar-refractivity contribution is 0.320. The molecule has 2 rings (SSSR count). The summed E-state index contributed by atoms with van der Waals surface area (Å²) in [4.78, 5) is 6.75. The molecule has 0 unspecified atom stereocenters. The molecule has 1 aliphatic carbocycles. The van der Waals surface area contributed by atoms with Crippen molar-refractivity contribution < 1.29 is 0 Å². The van der Waals surface area contributed by atoms with Crippen molar-refractivity contribution in [2.45, 2.75) is 45.8 Å². The third-order valence-corrected chi connectivity index (χ3v) is 3.33. The molecule has 0 amide bonds. The molecule has 1 aromatic rings. The minimum Gasteiger partial charge on any atom is -0.309 e. The van der Waals surface area contributed by atoms with Crippen molar-refractivity contribution in [1.82, 2.24) is 25.0 Å². The zero-order valence-electron chi connectivity index (χ0n) is 11.8. The Morgan fingerprint density at radius 2 is 2.28 bits per heavy atom. The van der Waals surface area contributed by atoms with Gasteiger partial charge in [0.2, 0.25) is 0 Å². The van der Waals surface area contributed by atoms with Crippen LogP contribution in [0.4, 0.5) is 0 Å². The average Bonchev–Trinajstić information content (AvgIpc) is 3.08. The lowest BCUT2D eigenvalue weighted by Gasteiger charge is -2.15. The highest BCUT2D eigenvalue weighted by atomic mass is 15.3. The van der Waals surface area contributed by atoms with E-state index < -0.39 is 0 Å². The number of hydrogen-bond donors (Lipinski definition) is 1. The van der Waals surface area contributed by atoms with Crippen LogP contribution in [0.5, 0.6) is 0 Å². The smallest absolute Gasteiger partial charge is 0.140 e. The number of likely N-dealkylation sites (N-methyl/N-ethyl adjacent to an activating group) is 1. The highest BCUT2D eigenvalue weighted by Gasteiger charge is 2.25. The summed E-state index contributed by atoms with van der Waals surface area (Å²) in [6, 6.07) is 0.844. The summed E-state index contributed by atoms with van der Waals surface area (Å²) < 4.78 is 2.00. The summed E-state index contributed by atoms with van der Waals surface area (Å²) in [6.07, 6.45) is 4.40. The Balaban J connectivity index is 1.67. The van der Waals surface area contributed by atoms with Crippen LogP contribution in [0.1, 0.15) is 32.5 Å². The minimum absolute atomic E-state index is 0.603. The van der Waals surface area contributed by atoms with E-state index in [0.29, 0.717) is 5.92 Å². The van der Waals surface area contributed by atoms with Gasteiger partial charge in [-0.1, -0.05) is 13.8 Å². The van der Waals surface area contributed by atoms with E-state index in [1.54, 1.807) is 6.33 Å². The minimum atomic E-state index is 0.603. The maximum atomic E-state index is 4.31. The second-order valence-corrected chi connectivity index (χ2v) is 5.64. The van der Waals surface area contributed by atoms with Crippen LogP contribution in [0.2, 0.25) is 0 Å². The van der Waals surface area contributed by atoms with E-state index in [1.165, 1.54) is 12.8 Å². The van der Waals surface area contributed by atoms with Gasteiger partial charge in [0, 0.05) is 25.7 Å². The molecule has 0 aromatic carbocycles. The highest BCUT2D eigenvalue weighted by molar-refractivity contribution is 4.85. The standard InChI is InChI=1S/C13H25N5/c1-11(2)9-18-13(15-10-16-18)8-14-6-7-17(3)12-4-5-12/h10-12,14H,4-9H2,1-3H3. The zero-order valence-corrected chi connectivity index (χ0v) is 11.8. The van der Waals surface area contributed by atoms with Crippen LogP contribution < -0.4 is 5.32 Å². The Labute approximate surface area is 110 Å². The summed E-state index contributed by atoms with van der Waals surface area (Å²) in [5.74, 6) is 1.64. The highest BCUT2D eigenvalue weighted by Crippen LogP contribution is 2.24. The summed E-state index contributed by atoms with van der Waals surface area (Å²) in [7, 11) is 2.21. The van der Waals surface area contributed by atoms with Crippen LogP contribution in [0.25, 0.3) is 0 Å². The van der Waals surface area contributed by atoms with Gasteiger partial charge in [-0.15, -0.1) is 0 Å². The van der Waals surface area contributed by atoms with E-state index in [1.807, 2.05) is 4.68 Å². The van der Waals surface area contributed by atoms with Crippen molar-refractivity contribution >= 4 is 0 Å². The van der Waals surface area contributed by atoms with Gasteiger partial charge in [-0.3, -0.25) is 0 Å². The molecule has 5 heteroatoms. The van der Waals surface area contributed by atoms with E-state index in [-0.39, 0.29) is 0 Å². The molecule has 0 atom stereocenters. The average molecular weight is 251 g/mol. The van der Waals surface area contributed by atoms with Gasteiger partial charge < -0.3 is 10.2 Å². The molecule has 18 heavy (non-hydrogen) atoms. The third kappa shape index (κ3) is 4.07. The summed E-state index contributed by atoms with van der Waals surface area (Å²) in [5, 5.41) is 7.71. The Bertz CT molecular complexity index is 356. The van der Waals surface area contributed by atoms with Crippen LogP contribution in [0.3, 0.4) is 0 Å². The van der Waals surface area contributed by atoms with Gasteiger partial charge in [-0.2, -0.15) is 5.10 Å². The Morgan fingerprint density at radius 3 is 2.94 bits per heavy atom. The largest absolute Gasteiger partial charge is 0.309 e. The van der Waals surface area contributed by atoms with Crippen molar-refractivity contribution in [1.29, 1.82) is 0 Å². The van der Waals surface area contributed by atoms with Gasteiger partial charge >= 0.3 is 0 Å². The van der Waals surface area contributed by atoms with Gasteiger partial charge in [0.05, 0.1) is 6.54 Å². The Morgan fingerprint density at radius 1 is 1.50 bits per heavy atom. The van der Waals surface area contributed by atoms with Crippen LogP contribution in [-0.2, 0) is 13.1 Å². The SMILES string of the molecule is CC(C)Cn1ncnc1CNCCN(C)C1CC1. The van der Waals surface area contributed by atoms with E-state index in [2.05, 4.69) is 41.2 Å². The summed E-state index contributed by atoms with van der Waals surface area (Å²) >= 11 is 0. The van der Waals surface area contributed by atoms with Gasteiger partial charge in [0.15, 0.2) is 0 Å². The van der Waals surface area contributed by atoms with E-state index in [0.717, 1.165) is 38.0 Å². The van der Waals surface area contributed by atoms with E-state index in [9.17, 15) is 0 Å². The van der Waals surface area contributed by atoms with Crippen LogP contribution >= 0.6 is 0 Å². The number of nitrogens with zero attached hydrogens (tertiary/aromatic N) is 4. The molecule has 1 N–H and O–H groups in total. The monoisotopic (exact) mass is 251 g/mol. The van der Waals surface area contributed by atoms with Gasteiger partial charge in [-0.05, 0) is 25.8 Å². The summed E-state index contributed by atoms with van der Waals surface area (Å²) in [5.41, 5.74) is 0. The predicted molar refractivity (Wildman–Crippen MR) is 72.2 cm³/mol. The molecule has 1 aliphatic rings. The van der Waals surface area contributed by atoms with Crippen LogP contribution in [0.15, 0.2) is 6.33 Å². The van der Waals surface area contributed by atoms with Gasteiger partial charge in [0.1, 0.15) is 12.2 Å². The molecule has 0 radical (unpaired) electrons. The van der Waals surface area contributed by atoms with Crippen molar-refractivity contribution in [3.63, 3.8) is 0 Å². The third-order valence-electron chi connectivity index (χ3n) is 3.33. The van der Waals surface area contributed by atoms with Gasteiger partial charge in [-0.25, -0.2) is 9.67 Å². The van der Waals surface area contributed by atoms with Crippen molar-refractivity contribution in [3.05, 3.63) is 12.2 Å². The number of rotatable bonds is 8. The fourth-order valence-corrected chi connectivity index (χ4v) is 2.08. The van der Waals surface area contributed by atoms with E-state index in [4.69, 9.17) is 0 Å². The molecule has 102 valence electrons. The molecule has 0 bridgehead atoms. The first-order valence-corrected chi connectivity index (χ1v) is 6.94. The molecule has 0 spiro atoms. The van der Waals surface area contributed by atoms with Crippen LogP contribution in [-0.4, -0.2) is 45.8 Å². The molecule has 1 saturated carbocycles. The lowest BCUT2D eigenvalue weighted by atomic mass is 10.2. The van der Waals surface area contributed by atoms with Crippen molar-refractivity contribution in [2.24, 2.45) is 5.92 Å². The first-order chi connectivity index (χ1) is 8.66. The van der Waals surface area contributed by atoms with Gasteiger partial charge in [0.25, 0.3) is 0 Å². The normalized spacial score (nSPS) is 15.8. The molecule has 1 aromatic heterocycles. The molecular weight excluding hydrogens is 226 g/mol. The fourth-order valence-electron chi connectivity index (χ4n) is 2.08. The quantitative estimate of drug-likeness (QED) is 0.703. The first kappa shape index (κ1) is 13.5. The molecular formula is C13H25N5. The topological polar surface area (TPSA) is 46.0 Å². The molecule has 5 nitrogen and oxygen atoms in total. The fraction of sp³-hybridized carbons (Fsp3) is 0.846. The second kappa shape index (κ2) is 6.29. The predicted octanol–water partition coefficient (Wildman–Crippen LogP) is 1.12. The number of hydrogen-bond acceptors (Lipinski definition) is 4. The second-order valence-electron chi connectivity index (χ2n) is 5.64. The molecule has 0 aliphatic heterocycles. The number of nitrogens with one attached hydrogen (secondary N) is 1. The van der Waals surface area contributed by atoms with E-state index >= 15 is 0 Å². The Kier molecular flexibility index (Phi) is 4.72. The number of aromatic nitrogens is 3. The van der Waals surface area contributed by atoms with Crippen molar-refractivity contribution in [3.8, 4) is 0 Å².